The summed E-state index contributed by atoms with van der Waals surface area (Å²) in [6.07, 6.45) is 1.79. The molecule has 0 bridgehead atoms. The minimum atomic E-state index is -0.791. The van der Waals surface area contributed by atoms with Crippen LogP contribution in [0.15, 0.2) is 54.6 Å². The number of nitrogens with zero attached hydrogens (tertiary/aromatic N) is 6. The predicted octanol–water partition coefficient (Wildman–Crippen LogP) is -6.48. The third kappa shape index (κ3) is 28.5. The zero-order valence-corrected chi connectivity index (χ0v) is 49.5. The molecule has 25 heteroatoms. The van der Waals surface area contributed by atoms with Gasteiger partial charge in [-0.25, -0.2) is 9.18 Å². The van der Waals surface area contributed by atoms with Gasteiger partial charge in [-0.05, 0) is 49.9 Å². The van der Waals surface area contributed by atoms with Crippen molar-refractivity contribution >= 4 is 41.1 Å². The molecule has 4 aliphatic heterocycles. The van der Waals surface area contributed by atoms with Crippen molar-refractivity contribution in [2.24, 2.45) is 0 Å². The quantitative estimate of drug-likeness (QED) is 0.134. The molecule has 3 saturated heterocycles. The number of halogens is 3. The second kappa shape index (κ2) is 40.6. The van der Waals surface area contributed by atoms with Crippen LogP contribution in [0.5, 0.6) is 0 Å². The number of cyclic esters (lactones) is 1. The Balaban J connectivity index is 0.000000521. The number of amides is 3. The molecule has 2 aromatic carbocycles. The number of likely N-dealkylation sites (N-methyl/N-ethyl adjacent to an activating group) is 2. The molecule has 0 aromatic heterocycles. The summed E-state index contributed by atoms with van der Waals surface area (Å²) < 4.78 is 60.3. The molecule has 3 N–H and O–H groups in total. The Morgan fingerprint density at radius 3 is 1.85 bits per heavy atom. The van der Waals surface area contributed by atoms with Gasteiger partial charge in [-0.2, -0.15) is 0 Å². The SMILES string of the molecule is CN(C)CC(=O)N1CCOCCOCCN(CCC(=O)OCC2CN(c3ccc(C4=CCN(Cc5ccccc5)CC4)c(F)c3)C(=O)O2)CCOCC1.C[NH+](C)CC(=O)N1CCOCCOCC[NH+](CCC(=O)O)CCOCC1.[Cl-].[Cl-]. The van der Waals surface area contributed by atoms with E-state index in [0.29, 0.717) is 156 Å². The van der Waals surface area contributed by atoms with E-state index in [-0.39, 0.29) is 62.6 Å². The average molecular weight is 1190 g/mol. The van der Waals surface area contributed by atoms with Gasteiger partial charge in [0.1, 0.15) is 25.5 Å². The number of anilines is 1. The van der Waals surface area contributed by atoms with Gasteiger partial charge in [0.15, 0.2) is 12.6 Å². The summed E-state index contributed by atoms with van der Waals surface area (Å²) in [5, 5.41) is 8.86. The minimum absolute atomic E-state index is 0. The van der Waals surface area contributed by atoms with Gasteiger partial charge in [0.2, 0.25) is 5.91 Å². The highest BCUT2D eigenvalue weighted by atomic mass is 35.5. The number of carboxylic acid groups (broad SMARTS) is 1. The monoisotopic (exact) mass is 1190 g/mol. The van der Waals surface area contributed by atoms with E-state index in [2.05, 4.69) is 28.0 Å². The number of carbonyl (C=O) groups is 5. The first-order chi connectivity index (χ1) is 38.2. The van der Waals surface area contributed by atoms with Crippen molar-refractivity contribution in [1.82, 2.24) is 24.5 Å². The topological polar surface area (TPSA) is 208 Å². The maximum atomic E-state index is 15.4. The fourth-order valence-corrected chi connectivity index (χ4v) is 9.07. The maximum absolute atomic E-state index is 15.4. The van der Waals surface area contributed by atoms with Gasteiger partial charge in [-0.1, -0.05) is 36.4 Å². The van der Waals surface area contributed by atoms with Gasteiger partial charge in [0.25, 0.3) is 5.91 Å². The molecule has 2 aromatic rings. The maximum Gasteiger partial charge on any atom is 0.414 e. The zero-order chi connectivity index (χ0) is 56.6. The largest absolute Gasteiger partial charge is 1.00 e. The third-order valence-corrected chi connectivity index (χ3v) is 13.5. The Kier molecular flexibility index (Phi) is 35.4. The van der Waals surface area contributed by atoms with Crippen LogP contribution >= 0.6 is 0 Å². The van der Waals surface area contributed by atoms with Crippen molar-refractivity contribution in [2.45, 2.75) is 31.9 Å². The van der Waals surface area contributed by atoms with Gasteiger partial charge in [-0.15, -0.1) is 0 Å². The summed E-state index contributed by atoms with van der Waals surface area (Å²) in [7, 11) is 7.61. The molecule has 4 heterocycles. The Morgan fingerprint density at radius 2 is 1.30 bits per heavy atom. The molecular weight excluding hydrogens is 1100 g/mol. The van der Waals surface area contributed by atoms with E-state index in [0.717, 1.165) is 54.5 Å². The Labute approximate surface area is 490 Å². The van der Waals surface area contributed by atoms with Crippen molar-refractivity contribution in [2.75, 3.05) is 217 Å². The molecule has 458 valence electrons. The van der Waals surface area contributed by atoms with E-state index in [9.17, 15) is 24.0 Å². The molecule has 0 spiro atoms. The Morgan fingerprint density at radius 1 is 0.728 bits per heavy atom. The van der Waals surface area contributed by atoms with Crippen LogP contribution in [-0.4, -0.2) is 278 Å². The van der Waals surface area contributed by atoms with E-state index >= 15 is 4.39 Å². The normalized spacial score (nSPS) is 20.4. The van der Waals surface area contributed by atoms with Crippen LogP contribution in [0.3, 0.4) is 0 Å². The fraction of sp³-hybridized carbons (Fsp3) is 0.661. The number of carbonyl (C=O) groups excluding carboxylic acids is 4. The number of aliphatic carboxylic acids is 1. The van der Waals surface area contributed by atoms with E-state index in [1.54, 1.807) is 21.9 Å². The van der Waals surface area contributed by atoms with Crippen molar-refractivity contribution in [3.05, 3.63) is 71.6 Å². The highest BCUT2D eigenvalue weighted by molar-refractivity contribution is 5.90. The Bertz CT molecular complexity index is 2180. The zero-order valence-electron chi connectivity index (χ0n) is 48.0. The summed E-state index contributed by atoms with van der Waals surface area (Å²) in [5.41, 5.74) is 3.14. The third-order valence-electron chi connectivity index (χ3n) is 13.5. The first-order valence-electron chi connectivity index (χ1n) is 27.9. The molecule has 2 unspecified atom stereocenters. The average Bonchev–Trinajstić information content (AvgIpc) is 3.81. The molecule has 0 saturated carbocycles. The molecule has 2 atom stereocenters. The molecule has 3 amide bonds. The van der Waals surface area contributed by atoms with Crippen LogP contribution in [-0.2, 0) is 63.6 Å². The van der Waals surface area contributed by atoms with Gasteiger partial charge in [0, 0.05) is 71.0 Å². The number of esters is 1. The van der Waals surface area contributed by atoms with Crippen LogP contribution in [0.4, 0.5) is 14.9 Å². The molecule has 3 fully saturated rings. The number of ether oxygens (including phenoxy) is 8. The molecule has 81 heavy (non-hydrogen) atoms. The summed E-state index contributed by atoms with van der Waals surface area (Å²) >= 11 is 0. The van der Waals surface area contributed by atoms with Crippen LogP contribution in [0.25, 0.3) is 5.57 Å². The van der Waals surface area contributed by atoms with Crippen molar-refractivity contribution in [3.63, 3.8) is 0 Å². The number of nitrogens with one attached hydrogen (secondary N) is 2. The lowest BCUT2D eigenvalue weighted by Crippen LogP contribution is -3.13. The number of carboxylic acids is 1. The van der Waals surface area contributed by atoms with Crippen LogP contribution in [0.2, 0.25) is 0 Å². The second-order valence-corrected chi connectivity index (χ2v) is 20.5. The van der Waals surface area contributed by atoms with E-state index in [1.165, 1.54) is 16.5 Å². The van der Waals surface area contributed by atoms with E-state index < -0.39 is 30.0 Å². The highest BCUT2D eigenvalue weighted by Gasteiger charge is 2.34. The first kappa shape index (κ1) is 70.7. The lowest BCUT2D eigenvalue weighted by Gasteiger charge is -2.27. The van der Waals surface area contributed by atoms with Gasteiger partial charge in [0.05, 0.1) is 132 Å². The van der Waals surface area contributed by atoms with Crippen molar-refractivity contribution in [3.8, 4) is 0 Å². The number of hydrogen-bond acceptors (Lipinski definition) is 16. The molecule has 0 aliphatic carbocycles. The summed E-state index contributed by atoms with van der Waals surface area (Å²) in [5.74, 6) is -1.49. The highest BCUT2D eigenvalue weighted by Crippen LogP contribution is 2.30. The molecule has 22 nitrogen and oxygen atoms in total. The standard InChI is InChI=1S/C39H54FN5O8.C17H33N3O6.2ClH/c1-41(2)29-37(46)44-18-22-49-20-16-42(17-21-50-24-25-51-23-19-44)15-12-38(47)52-30-34-28-45(39(48)53-34)33-8-9-35(36(40)26-33)32-10-13-43(14-11-32)27-31-6-4-3-5-7-31;1-18(2)15-16(21)20-7-11-24-9-5-19(4-3-17(22)23)6-10-25-13-14-26-12-8-20;;/h3-10,26,34H,11-25,27-30H2,1-2H3;3-15H2,1-2H3,(H,22,23);2*1H. The molecule has 0 radical (unpaired) electrons. The van der Waals surface area contributed by atoms with Gasteiger partial charge < -0.3 is 92.3 Å². The molecule has 4 aliphatic rings. The first-order valence-corrected chi connectivity index (χ1v) is 27.9. The van der Waals surface area contributed by atoms with Crippen molar-refractivity contribution in [1.29, 1.82) is 0 Å². The lowest BCUT2D eigenvalue weighted by molar-refractivity contribution is -0.900. The van der Waals surface area contributed by atoms with Gasteiger partial charge in [-0.3, -0.25) is 33.9 Å². The van der Waals surface area contributed by atoms with E-state index in [1.807, 2.05) is 51.3 Å². The van der Waals surface area contributed by atoms with Crippen molar-refractivity contribution < 1.29 is 106 Å². The second-order valence-electron chi connectivity index (χ2n) is 20.5. The number of hydrogen-bond donors (Lipinski definition) is 3. The smallest absolute Gasteiger partial charge is 0.414 e. The van der Waals surface area contributed by atoms with Gasteiger partial charge >= 0.3 is 18.0 Å². The predicted molar refractivity (Wildman–Crippen MR) is 292 cm³/mol. The molecule has 6 rings (SSSR count). The van der Waals surface area contributed by atoms with Crippen LogP contribution < -0.4 is 39.5 Å². The van der Waals surface area contributed by atoms with Crippen LogP contribution in [0, 0.1) is 5.82 Å². The lowest BCUT2D eigenvalue weighted by atomic mass is 9.98. The number of benzene rings is 2. The summed E-state index contributed by atoms with van der Waals surface area (Å²) in [6, 6.07) is 15.1. The number of rotatable bonds is 16. The summed E-state index contributed by atoms with van der Waals surface area (Å²) in [6.45, 7) is 14.5. The van der Waals surface area contributed by atoms with Crippen LogP contribution in [0.1, 0.15) is 30.4 Å². The Hall–Kier alpha value is -4.60. The van der Waals surface area contributed by atoms with E-state index in [4.69, 9.17) is 43.0 Å². The fourth-order valence-electron chi connectivity index (χ4n) is 9.07. The molecular formula is C56H89Cl2FN8O14. The minimum Gasteiger partial charge on any atom is -1.00 e. The summed E-state index contributed by atoms with van der Waals surface area (Å²) in [4.78, 5) is 74.5. The number of quaternary nitrogens is 2.